The lowest BCUT2D eigenvalue weighted by Crippen LogP contribution is -2.28. The summed E-state index contributed by atoms with van der Waals surface area (Å²) in [6.45, 7) is 1.09. The van der Waals surface area contributed by atoms with Gasteiger partial charge in [0, 0.05) is 18.9 Å². The summed E-state index contributed by atoms with van der Waals surface area (Å²) in [7, 11) is 0. The second-order valence-corrected chi connectivity index (χ2v) is 3.65. The van der Waals surface area contributed by atoms with E-state index in [1.807, 2.05) is 12.3 Å². The zero-order chi connectivity index (χ0) is 12.1. The first-order chi connectivity index (χ1) is 8.25. The number of halogens is 1. The van der Waals surface area contributed by atoms with Crippen LogP contribution in [0.3, 0.4) is 0 Å². The van der Waals surface area contributed by atoms with Gasteiger partial charge >= 0.3 is 0 Å². The molecule has 0 bridgehead atoms. The van der Waals surface area contributed by atoms with Gasteiger partial charge in [0.15, 0.2) is 10.8 Å². The van der Waals surface area contributed by atoms with Crippen molar-refractivity contribution in [3.05, 3.63) is 41.4 Å². The van der Waals surface area contributed by atoms with E-state index in [-0.39, 0.29) is 16.8 Å². The molecule has 1 amide bonds. The highest BCUT2D eigenvalue weighted by Crippen LogP contribution is 2.01. The van der Waals surface area contributed by atoms with E-state index in [0.29, 0.717) is 13.1 Å². The van der Waals surface area contributed by atoms with Crippen LogP contribution in [0, 0.1) is 0 Å². The molecule has 2 rings (SSSR count). The van der Waals surface area contributed by atoms with E-state index in [4.69, 9.17) is 11.6 Å². The maximum Gasteiger partial charge on any atom is 0.271 e. The van der Waals surface area contributed by atoms with Crippen LogP contribution in [0.25, 0.3) is 0 Å². The quantitative estimate of drug-likeness (QED) is 0.871. The number of hydrogen-bond acceptors (Lipinski definition) is 4. The van der Waals surface area contributed by atoms with Gasteiger partial charge in [0.05, 0.1) is 6.54 Å². The van der Waals surface area contributed by atoms with E-state index in [1.165, 1.54) is 12.1 Å². The molecule has 0 aromatic carbocycles. The molecule has 0 aliphatic rings. The molecule has 2 heterocycles. The molecule has 88 valence electrons. The van der Waals surface area contributed by atoms with E-state index in [0.717, 1.165) is 0 Å². The first kappa shape index (κ1) is 11.5. The average molecular weight is 252 g/mol. The van der Waals surface area contributed by atoms with Gasteiger partial charge in [-0.25, -0.2) is 0 Å². The van der Waals surface area contributed by atoms with Gasteiger partial charge in [-0.15, -0.1) is 10.2 Å². The Labute approximate surface area is 103 Å². The third kappa shape index (κ3) is 3.25. The lowest BCUT2D eigenvalue weighted by Gasteiger charge is -2.04. The van der Waals surface area contributed by atoms with Crippen molar-refractivity contribution >= 4 is 17.5 Å². The third-order valence-corrected chi connectivity index (χ3v) is 2.25. The number of carbonyl (C=O) groups is 1. The summed E-state index contributed by atoms with van der Waals surface area (Å²) in [6.07, 6.45) is 3.51. The minimum absolute atomic E-state index is 0.245. The zero-order valence-electron chi connectivity index (χ0n) is 8.88. The number of amides is 1. The molecule has 6 nitrogen and oxygen atoms in total. The van der Waals surface area contributed by atoms with E-state index in [1.54, 1.807) is 10.9 Å². The second-order valence-electron chi connectivity index (χ2n) is 3.27. The van der Waals surface area contributed by atoms with Crippen LogP contribution in [-0.2, 0) is 6.54 Å². The smallest absolute Gasteiger partial charge is 0.271 e. The maximum atomic E-state index is 11.6. The van der Waals surface area contributed by atoms with Gasteiger partial charge in [-0.1, -0.05) is 11.6 Å². The van der Waals surface area contributed by atoms with Crippen molar-refractivity contribution in [1.82, 2.24) is 25.3 Å². The molecule has 0 radical (unpaired) electrons. The summed E-state index contributed by atoms with van der Waals surface area (Å²) in [5.74, 6) is -0.277. The zero-order valence-corrected chi connectivity index (χ0v) is 9.63. The van der Waals surface area contributed by atoms with Gasteiger partial charge < -0.3 is 5.32 Å². The van der Waals surface area contributed by atoms with Crippen LogP contribution < -0.4 is 5.32 Å². The van der Waals surface area contributed by atoms with Crippen LogP contribution in [0.2, 0.25) is 5.15 Å². The molecule has 0 spiro atoms. The predicted molar refractivity (Wildman–Crippen MR) is 61.6 cm³/mol. The Morgan fingerprint density at radius 1 is 1.41 bits per heavy atom. The van der Waals surface area contributed by atoms with E-state index >= 15 is 0 Å². The van der Waals surface area contributed by atoms with Gasteiger partial charge in [0.1, 0.15) is 0 Å². The van der Waals surface area contributed by atoms with Crippen molar-refractivity contribution in [2.75, 3.05) is 6.54 Å². The van der Waals surface area contributed by atoms with E-state index < -0.39 is 0 Å². The van der Waals surface area contributed by atoms with Gasteiger partial charge in [-0.3, -0.25) is 9.48 Å². The molecule has 1 N–H and O–H groups in total. The van der Waals surface area contributed by atoms with Crippen molar-refractivity contribution in [2.45, 2.75) is 6.54 Å². The average Bonchev–Trinajstić information content (AvgIpc) is 2.83. The van der Waals surface area contributed by atoms with Crippen LogP contribution >= 0.6 is 11.6 Å². The third-order valence-electron chi connectivity index (χ3n) is 2.05. The highest BCUT2D eigenvalue weighted by molar-refractivity contribution is 6.29. The van der Waals surface area contributed by atoms with Gasteiger partial charge in [0.25, 0.3) is 5.91 Å². The summed E-state index contributed by atoms with van der Waals surface area (Å²) in [4.78, 5) is 11.6. The second kappa shape index (κ2) is 5.40. The fraction of sp³-hybridized carbons (Fsp3) is 0.200. The molecule has 0 fully saturated rings. The molecule has 0 saturated heterocycles. The Morgan fingerprint density at radius 2 is 2.29 bits per heavy atom. The molecule has 2 aromatic rings. The summed E-state index contributed by atoms with van der Waals surface area (Å²) in [5.41, 5.74) is 0.245. The molecule has 0 aliphatic carbocycles. The first-order valence-electron chi connectivity index (χ1n) is 5.00. The highest BCUT2D eigenvalue weighted by atomic mass is 35.5. The molecule has 0 aliphatic heterocycles. The number of nitrogens with zero attached hydrogens (tertiary/aromatic N) is 4. The molecule has 7 heteroatoms. The SMILES string of the molecule is O=C(NCCn1cccn1)c1ccc(Cl)nn1. The van der Waals surface area contributed by atoms with Crippen LogP contribution in [0.15, 0.2) is 30.6 Å². The highest BCUT2D eigenvalue weighted by Gasteiger charge is 2.06. The summed E-state index contributed by atoms with van der Waals surface area (Å²) >= 11 is 5.57. The summed E-state index contributed by atoms with van der Waals surface area (Å²) in [6, 6.07) is 4.88. The topological polar surface area (TPSA) is 72.7 Å². The van der Waals surface area contributed by atoms with Crippen molar-refractivity contribution in [2.24, 2.45) is 0 Å². The van der Waals surface area contributed by atoms with Gasteiger partial charge in [-0.2, -0.15) is 5.10 Å². The number of aromatic nitrogens is 4. The van der Waals surface area contributed by atoms with Crippen molar-refractivity contribution < 1.29 is 4.79 Å². The molecular formula is C10H10ClN5O. The Hall–Kier alpha value is -1.95. The first-order valence-corrected chi connectivity index (χ1v) is 5.38. The Kier molecular flexibility index (Phi) is 3.66. The fourth-order valence-electron chi connectivity index (χ4n) is 1.24. The molecule has 0 saturated carbocycles. The minimum Gasteiger partial charge on any atom is -0.349 e. The lowest BCUT2D eigenvalue weighted by atomic mass is 10.3. The van der Waals surface area contributed by atoms with Crippen molar-refractivity contribution in [1.29, 1.82) is 0 Å². The largest absolute Gasteiger partial charge is 0.349 e. The molecular weight excluding hydrogens is 242 g/mol. The number of hydrogen-bond donors (Lipinski definition) is 1. The molecule has 17 heavy (non-hydrogen) atoms. The molecule has 2 aromatic heterocycles. The monoisotopic (exact) mass is 251 g/mol. The van der Waals surface area contributed by atoms with E-state index in [2.05, 4.69) is 20.6 Å². The fourth-order valence-corrected chi connectivity index (χ4v) is 1.35. The predicted octanol–water partition coefficient (Wildman–Crippen LogP) is 0.756. The molecule has 0 unspecified atom stereocenters. The molecule has 0 atom stereocenters. The minimum atomic E-state index is -0.277. The van der Waals surface area contributed by atoms with Crippen LogP contribution in [0.4, 0.5) is 0 Å². The Balaban J connectivity index is 1.83. The summed E-state index contributed by atoms with van der Waals surface area (Å²) < 4.78 is 1.73. The van der Waals surface area contributed by atoms with Crippen LogP contribution in [-0.4, -0.2) is 32.4 Å². The van der Waals surface area contributed by atoms with Crippen molar-refractivity contribution in [3.8, 4) is 0 Å². The van der Waals surface area contributed by atoms with Gasteiger partial charge in [-0.05, 0) is 18.2 Å². The van der Waals surface area contributed by atoms with E-state index in [9.17, 15) is 4.79 Å². The maximum absolute atomic E-state index is 11.6. The van der Waals surface area contributed by atoms with Crippen LogP contribution in [0.5, 0.6) is 0 Å². The van der Waals surface area contributed by atoms with Crippen molar-refractivity contribution in [3.63, 3.8) is 0 Å². The normalized spacial score (nSPS) is 10.2. The number of carbonyl (C=O) groups excluding carboxylic acids is 1. The summed E-state index contributed by atoms with van der Waals surface area (Å²) in [5, 5.41) is 14.3. The Bertz CT molecular complexity index is 482. The van der Waals surface area contributed by atoms with Gasteiger partial charge in [0.2, 0.25) is 0 Å². The number of nitrogens with one attached hydrogen (secondary N) is 1. The number of rotatable bonds is 4. The lowest BCUT2D eigenvalue weighted by molar-refractivity contribution is 0.0946. The standard InChI is InChI=1S/C10H10ClN5O/c11-9-3-2-8(14-15-9)10(17)12-5-7-16-6-1-4-13-16/h1-4,6H,5,7H2,(H,12,17). The van der Waals surface area contributed by atoms with Crippen LogP contribution in [0.1, 0.15) is 10.5 Å². The Morgan fingerprint density at radius 3 is 2.94 bits per heavy atom.